The molecule has 0 fully saturated rings. The topological polar surface area (TPSA) is 80.3 Å². The van der Waals surface area contributed by atoms with E-state index in [-0.39, 0.29) is 18.4 Å². The second-order valence-electron chi connectivity index (χ2n) is 6.90. The summed E-state index contributed by atoms with van der Waals surface area (Å²) in [5.41, 5.74) is 3.41. The predicted molar refractivity (Wildman–Crippen MR) is 115 cm³/mol. The Bertz CT molecular complexity index is 1060. The van der Waals surface area contributed by atoms with Gasteiger partial charge in [0.05, 0.1) is 12.3 Å². The van der Waals surface area contributed by atoms with Crippen molar-refractivity contribution in [1.29, 1.82) is 0 Å². The molecule has 0 spiro atoms. The van der Waals surface area contributed by atoms with Gasteiger partial charge in [-0.1, -0.05) is 36.4 Å². The van der Waals surface area contributed by atoms with Gasteiger partial charge in [-0.05, 0) is 23.3 Å². The maximum atomic E-state index is 12.4. The van der Waals surface area contributed by atoms with E-state index in [1.807, 2.05) is 29.6 Å². The zero-order valence-corrected chi connectivity index (χ0v) is 17.8. The Morgan fingerprint density at radius 1 is 1.03 bits per heavy atom. The van der Waals surface area contributed by atoms with E-state index >= 15 is 0 Å². The lowest BCUT2D eigenvalue weighted by Crippen LogP contribution is -2.18. The lowest BCUT2D eigenvalue weighted by Gasteiger charge is -2.08. The number of nitrogens with zero attached hydrogens (tertiary/aromatic N) is 1. The SMILES string of the molecule is CC(=O)NCc1ccc(-c2csc(NC(=O)c3ccc(COCC(F)(F)F)cc3)n2)cc1. The van der Waals surface area contributed by atoms with Crippen molar-refractivity contribution in [1.82, 2.24) is 10.3 Å². The van der Waals surface area contributed by atoms with Crippen LogP contribution >= 0.6 is 11.3 Å². The van der Waals surface area contributed by atoms with E-state index in [2.05, 4.69) is 20.4 Å². The molecule has 3 rings (SSSR count). The van der Waals surface area contributed by atoms with E-state index in [1.54, 1.807) is 12.1 Å². The molecule has 0 bridgehead atoms. The minimum absolute atomic E-state index is 0.0987. The van der Waals surface area contributed by atoms with Crippen molar-refractivity contribution in [2.24, 2.45) is 0 Å². The molecule has 32 heavy (non-hydrogen) atoms. The third kappa shape index (κ3) is 7.17. The van der Waals surface area contributed by atoms with Crippen molar-refractivity contribution in [2.75, 3.05) is 11.9 Å². The summed E-state index contributed by atoms with van der Waals surface area (Å²) in [5, 5.41) is 7.69. The third-order valence-electron chi connectivity index (χ3n) is 4.27. The highest BCUT2D eigenvalue weighted by atomic mass is 32.1. The fourth-order valence-electron chi connectivity index (χ4n) is 2.69. The van der Waals surface area contributed by atoms with Crippen LogP contribution in [0.3, 0.4) is 0 Å². The van der Waals surface area contributed by atoms with Crippen LogP contribution in [0.15, 0.2) is 53.9 Å². The van der Waals surface area contributed by atoms with Crippen LogP contribution in [0, 0.1) is 0 Å². The standard InChI is InChI=1S/C22H20F3N3O3S/c1-14(29)26-10-15-2-6-17(7-3-15)19-12-32-21(27-19)28-20(30)18-8-4-16(5-9-18)11-31-13-22(23,24)25/h2-9,12H,10-11,13H2,1H3,(H,26,29)(H,27,28,30). The van der Waals surface area contributed by atoms with Gasteiger partial charge in [0, 0.05) is 30.0 Å². The largest absolute Gasteiger partial charge is 0.411 e. The second kappa shape index (κ2) is 10.4. The molecule has 0 aliphatic carbocycles. The first-order chi connectivity index (χ1) is 15.2. The number of anilines is 1. The second-order valence-corrected chi connectivity index (χ2v) is 7.76. The van der Waals surface area contributed by atoms with Crippen molar-refractivity contribution in [3.8, 4) is 11.3 Å². The molecular formula is C22H20F3N3O3S. The Balaban J connectivity index is 1.55. The molecule has 0 saturated carbocycles. The van der Waals surface area contributed by atoms with Gasteiger partial charge in [0.25, 0.3) is 5.91 Å². The van der Waals surface area contributed by atoms with Crippen molar-refractivity contribution in [3.63, 3.8) is 0 Å². The van der Waals surface area contributed by atoms with Crippen LogP contribution in [-0.2, 0) is 22.7 Å². The summed E-state index contributed by atoms with van der Waals surface area (Å²) in [7, 11) is 0. The van der Waals surface area contributed by atoms with Crippen LogP contribution in [0.5, 0.6) is 0 Å². The number of carbonyl (C=O) groups excluding carboxylic acids is 2. The monoisotopic (exact) mass is 463 g/mol. The average molecular weight is 463 g/mol. The molecule has 10 heteroatoms. The van der Waals surface area contributed by atoms with Gasteiger partial charge >= 0.3 is 6.18 Å². The molecule has 2 amide bonds. The van der Waals surface area contributed by atoms with Crippen LogP contribution in [0.2, 0.25) is 0 Å². The number of rotatable bonds is 8. The van der Waals surface area contributed by atoms with E-state index in [0.29, 0.717) is 28.5 Å². The summed E-state index contributed by atoms with van der Waals surface area (Å²) in [6.07, 6.45) is -4.37. The van der Waals surface area contributed by atoms with Crippen molar-refractivity contribution >= 4 is 28.3 Å². The number of benzene rings is 2. The van der Waals surface area contributed by atoms with E-state index in [9.17, 15) is 22.8 Å². The normalized spacial score (nSPS) is 11.2. The highest BCUT2D eigenvalue weighted by Gasteiger charge is 2.27. The van der Waals surface area contributed by atoms with Gasteiger partial charge < -0.3 is 10.1 Å². The highest BCUT2D eigenvalue weighted by molar-refractivity contribution is 7.14. The quantitative estimate of drug-likeness (QED) is 0.504. The van der Waals surface area contributed by atoms with Crippen LogP contribution in [0.4, 0.5) is 18.3 Å². The van der Waals surface area contributed by atoms with Gasteiger partial charge in [0.15, 0.2) is 5.13 Å². The van der Waals surface area contributed by atoms with Crippen LogP contribution < -0.4 is 10.6 Å². The van der Waals surface area contributed by atoms with Crippen LogP contribution in [0.25, 0.3) is 11.3 Å². The molecule has 6 nitrogen and oxygen atoms in total. The predicted octanol–water partition coefficient (Wildman–Crippen LogP) is 4.78. The Hall–Kier alpha value is -3.24. The Morgan fingerprint density at radius 2 is 1.69 bits per heavy atom. The molecular weight excluding hydrogens is 443 g/mol. The van der Waals surface area contributed by atoms with E-state index in [1.165, 1.54) is 30.4 Å². The zero-order valence-electron chi connectivity index (χ0n) is 17.0. The summed E-state index contributed by atoms with van der Waals surface area (Å²) in [6.45, 7) is 0.392. The molecule has 2 aromatic carbocycles. The van der Waals surface area contributed by atoms with E-state index in [0.717, 1.165) is 11.1 Å². The van der Waals surface area contributed by atoms with E-state index < -0.39 is 12.8 Å². The Labute approximate surface area is 186 Å². The molecule has 2 N–H and O–H groups in total. The smallest absolute Gasteiger partial charge is 0.367 e. The molecule has 3 aromatic rings. The molecule has 0 aliphatic rings. The number of hydrogen-bond donors (Lipinski definition) is 2. The Morgan fingerprint density at radius 3 is 2.31 bits per heavy atom. The van der Waals surface area contributed by atoms with Gasteiger partial charge in [-0.25, -0.2) is 4.98 Å². The van der Waals surface area contributed by atoms with Crippen molar-refractivity contribution in [3.05, 3.63) is 70.6 Å². The van der Waals surface area contributed by atoms with Gasteiger partial charge in [-0.15, -0.1) is 11.3 Å². The number of aromatic nitrogens is 1. The number of ether oxygens (including phenoxy) is 1. The molecule has 0 atom stereocenters. The van der Waals surface area contributed by atoms with Gasteiger partial charge in [-0.2, -0.15) is 13.2 Å². The third-order valence-corrected chi connectivity index (χ3v) is 5.02. The summed E-state index contributed by atoms with van der Waals surface area (Å²) in [6, 6.07) is 13.7. The first-order valence-electron chi connectivity index (χ1n) is 9.54. The van der Waals surface area contributed by atoms with E-state index in [4.69, 9.17) is 0 Å². The maximum Gasteiger partial charge on any atom is 0.411 e. The number of thiazole rings is 1. The molecule has 0 unspecified atom stereocenters. The lowest BCUT2D eigenvalue weighted by atomic mass is 10.1. The minimum Gasteiger partial charge on any atom is -0.367 e. The molecule has 0 aliphatic heterocycles. The summed E-state index contributed by atoms with van der Waals surface area (Å²) in [4.78, 5) is 27.8. The number of alkyl halides is 3. The molecule has 0 saturated heterocycles. The lowest BCUT2D eigenvalue weighted by molar-refractivity contribution is -0.176. The van der Waals surface area contributed by atoms with Crippen LogP contribution in [0.1, 0.15) is 28.4 Å². The number of hydrogen-bond acceptors (Lipinski definition) is 5. The minimum atomic E-state index is -4.37. The molecule has 1 aromatic heterocycles. The summed E-state index contributed by atoms with van der Waals surface area (Å²) < 4.78 is 41.0. The fraction of sp³-hybridized carbons (Fsp3) is 0.227. The summed E-state index contributed by atoms with van der Waals surface area (Å²) >= 11 is 1.28. The Kier molecular flexibility index (Phi) is 7.60. The number of halogens is 3. The summed E-state index contributed by atoms with van der Waals surface area (Å²) in [5.74, 6) is -0.474. The van der Waals surface area contributed by atoms with Gasteiger partial charge in [0.2, 0.25) is 5.91 Å². The maximum absolute atomic E-state index is 12.4. The van der Waals surface area contributed by atoms with Gasteiger partial charge in [0.1, 0.15) is 6.61 Å². The molecule has 1 heterocycles. The molecule has 0 radical (unpaired) electrons. The van der Waals surface area contributed by atoms with Crippen molar-refractivity contribution in [2.45, 2.75) is 26.3 Å². The van der Waals surface area contributed by atoms with Crippen molar-refractivity contribution < 1.29 is 27.5 Å². The van der Waals surface area contributed by atoms with Gasteiger partial charge in [-0.3, -0.25) is 14.9 Å². The first kappa shape index (κ1) is 23.4. The number of nitrogens with one attached hydrogen (secondary N) is 2. The zero-order chi connectivity index (χ0) is 23.1. The average Bonchev–Trinajstić information content (AvgIpc) is 3.20. The fourth-order valence-corrected chi connectivity index (χ4v) is 3.40. The van der Waals surface area contributed by atoms with Crippen LogP contribution in [-0.4, -0.2) is 29.6 Å². The number of amides is 2. The number of carbonyl (C=O) groups is 2. The first-order valence-corrected chi connectivity index (χ1v) is 10.4. The highest BCUT2D eigenvalue weighted by Crippen LogP contribution is 2.25. The molecule has 168 valence electrons.